The summed E-state index contributed by atoms with van der Waals surface area (Å²) in [5.74, 6) is -4.26. The van der Waals surface area contributed by atoms with Gasteiger partial charge in [-0.25, -0.2) is 19.6 Å². The zero-order chi connectivity index (χ0) is 80.5. The van der Waals surface area contributed by atoms with Gasteiger partial charge in [0.15, 0.2) is 25.2 Å². The van der Waals surface area contributed by atoms with Crippen LogP contribution < -0.4 is 27.0 Å². The number of amides is 3. The number of anilines is 2. The molecule has 2 heterocycles. The molecule has 38 heteroatoms. The van der Waals surface area contributed by atoms with Crippen molar-refractivity contribution in [3.63, 3.8) is 0 Å². The minimum absolute atomic E-state index is 0.00508. The third-order valence-electron chi connectivity index (χ3n) is 14.3. The predicted octanol–water partition coefficient (Wildman–Crippen LogP) is 5.06. The number of nitrogens with zero attached hydrogens (tertiary/aromatic N) is 2. The summed E-state index contributed by atoms with van der Waals surface area (Å²) < 4.78 is 77.8. The first-order valence-corrected chi connectivity index (χ1v) is 37.8. The highest BCUT2D eigenvalue weighted by atomic mass is 127. The zero-order valence-corrected chi connectivity index (χ0v) is 66.4. The van der Waals surface area contributed by atoms with Crippen molar-refractivity contribution < 1.29 is 135 Å². The van der Waals surface area contributed by atoms with Gasteiger partial charge in [-0.2, -0.15) is 0 Å². The number of benzene rings is 1. The maximum absolute atomic E-state index is 14.5. The molecule has 0 bridgehead atoms. The molecule has 0 spiro atoms. The van der Waals surface area contributed by atoms with Gasteiger partial charge in [-0.1, -0.05) is 44.6 Å². The van der Waals surface area contributed by atoms with Gasteiger partial charge in [0.2, 0.25) is 11.8 Å². The Morgan fingerprint density at radius 3 is 1.52 bits per heavy atom. The maximum atomic E-state index is 14.5. The average molecular weight is 1680 g/mol. The van der Waals surface area contributed by atoms with Crippen molar-refractivity contribution in [3.8, 4) is 0 Å². The minimum atomic E-state index is -0.999. The number of aromatic nitrogens is 2. The molecule has 0 aliphatic heterocycles. The number of nitrogens with one attached hydrogen (secondary N) is 4. The third kappa shape index (κ3) is 47.4. The molecule has 1 aromatic carbocycles. The molecule has 0 radical (unpaired) electrons. The number of halogens is 2. The van der Waals surface area contributed by atoms with E-state index in [4.69, 9.17) is 87.2 Å². The molecule has 2 aromatic heterocycles. The number of aliphatic carboxylic acids is 1. The Labute approximate surface area is 644 Å². The van der Waals surface area contributed by atoms with Gasteiger partial charge in [0, 0.05) is 102 Å². The average Bonchev–Trinajstić information content (AvgIpc) is 0.794. The summed E-state index contributed by atoms with van der Waals surface area (Å²) in [6, 6.07) is 10.5. The van der Waals surface area contributed by atoms with E-state index in [0.29, 0.717) is 42.2 Å². The van der Waals surface area contributed by atoms with Crippen LogP contribution in [0, 0.1) is 16.3 Å². The molecule has 3 aromatic rings. The van der Waals surface area contributed by atoms with Crippen LogP contribution in [0.25, 0.3) is 0 Å². The van der Waals surface area contributed by atoms with Crippen LogP contribution in [0.4, 0.5) is 15.9 Å². The highest BCUT2D eigenvalue weighted by Crippen LogP contribution is 2.28. The van der Waals surface area contributed by atoms with Crippen molar-refractivity contribution in [2.45, 2.75) is 186 Å². The second-order valence-corrected chi connectivity index (χ2v) is 26.3. The first-order valence-electron chi connectivity index (χ1n) is 34.4. The molecule has 3 rings (SSSR count). The van der Waals surface area contributed by atoms with E-state index >= 15 is 0 Å². The topological polar surface area (TPSA) is 461 Å². The number of carbonyl (C=O) groups excluding carboxylic acids is 7. The molecule has 9 atom stereocenters. The number of carboxylic acids is 1. The van der Waals surface area contributed by atoms with Crippen LogP contribution in [0.15, 0.2) is 58.5 Å². The van der Waals surface area contributed by atoms with E-state index in [1.165, 1.54) is 72.1 Å². The number of hydrogen-bond acceptors (Lipinski definition) is 31. The van der Waals surface area contributed by atoms with E-state index in [9.17, 15) is 52.6 Å². The smallest absolute Gasteiger partial charge is 0.328 e. The standard InChI is InChI=1S/C31H42FIN4O11.C19H30N2O6S2.C12H22O7.C7H16O4/c1-6-21(16-38)48-27(44-5)17-46-26(40)9-7-8-25(39)34-19(3)31(43)45-12-13-47-36-29(41)22-14-18(2)30(42)37(4)28(22)35-24-11-10-20(33)15-23(24)32;1-3-15(13-22)27-19(25-2)14-26-18(24)9-6-7-16(23)20-11-12-28-29-17-8-4-5-10-21-17;1-3-9(7-13)19-12(17-2)8-18-11(16)6-4-5-10(14)15;1-3-6(4-8)11-7(5-9)10-2/h10-11,14-15,19,21,27,35,38H,6-9,12-13,16-17H2,1-5H3,(H,34,39)(H,36,41);4-5,8,10,15,19,22H,3,6-7,9,11-14H2,1-2H3,(H,20,23);9,12-13H,3-8H2,1-2H3,(H,14,15);6-9H,3-5H2,1-2H3/t19-,21?,27?;;;/m0.../s1. The van der Waals surface area contributed by atoms with Gasteiger partial charge in [0.05, 0.1) is 68.7 Å². The molecular formula is C69H110FIN6O28S2. The Bertz CT molecular complexity index is 3020. The van der Waals surface area contributed by atoms with E-state index in [2.05, 4.69) is 26.4 Å². The number of carboxylic acid groups (broad SMARTS) is 1. The number of ether oxygens (including phenoxy) is 12. The molecule has 0 aliphatic carbocycles. The third-order valence-corrected chi connectivity index (χ3v) is 17.3. The largest absolute Gasteiger partial charge is 0.481 e. The predicted molar refractivity (Wildman–Crippen MR) is 398 cm³/mol. The molecule has 107 heavy (non-hydrogen) atoms. The minimum Gasteiger partial charge on any atom is -0.481 e. The first kappa shape index (κ1) is 101. The van der Waals surface area contributed by atoms with E-state index in [1.54, 1.807) is 33.9 Å². The van der Waals surface area contributed by atoms with Crippen LogP contribution in [-0.2, 0) is 102 Å². The molecular weight excluding hydrogens is 1570 g/mol. The van der Waals surface area contributed by atoms with Crippen molar-refractivity contribution in [1.29, 1.82) is 0 Å². The van der Waals surface area contributed by atoms with Gasteiger partial charge in [-0.05, 0) is 129 Å². The number of pyridine rings is 2. The summed E-state index contributed by atoms with van der Waals surface area (Å²) >= 11 is 1.96. The van der Waals surface area contributed by atoms with Crippen LogP contribution in [0.2, 0.25) is 0 Å². The monoisotopic (exact) mass is 1680 g/mol. The van der Waals surface area contributed by atoms with Gasteiger partial charge >= 0.3 is 29.8 Å². The molecule has 0 saturated carbocycles. The SMILES string of the molecule is CCC(CO)OC(CO)OC.CCC(CO)OC(COC(=O)CCCC(=O)NCCSSc1ccccn1)OC.CCC(CO)OC(COC(=O)CCCC(=O)N[C@@H](C)C(=O)OCCONC(=O)c1cc(C)c(=O)n(C)c1Nc1ccc(I)cc1F)OC.CCC(CO)OC(COC(=O)CCCC(=O)O)OC. The molecule has 610 valence electrons. The summed E-state index contributed by atoms with van der Waals surface area (Å²) in [4.78, 5) is 116. The number of hydrogen-bond donors (Lipinski definition) is 10. The summed E-state index contributed by atoms with van der Waals surface area (Å²) in [5.41, 5.74) is 2.15. The second-order valence-electron chi connectivity index (χ2n) is 22.6. The highest BCUT2D eigenvalue weighted by molar-refractivity contribution is 14.1. The summed E-state index contributed by atoms with van der Waals surface area (Å²) in [5, 5.41) is 62.1. The van der Waals surface area contributed by atoms with Crippen LogP contribution in [0.1, 0.15) is 134 Å². The number of carbonyl (C=O) groups is 8. The lowest BCUT2D eigenvalue weighted by Crippen LogP contribution is -2.40. The fourth-order valence-corrected chi connectivity index (χ4v) is 10.3. The molecule has 3 amide bonds. The molecule has 8 unspecified atom stereocenters. The number of hydroxylamine groups is 1. The highest BCUT2D eigenvalue weighted by Gasteiger charge is 2.24. The molecule has 10 N–H and O–H groups in total. The van der Waals surface area contributed by atoms with Crippen molar-refractivity contribution in [3.05, 3.63) is 79.5 Å². The van der Waals surface area contributed by atoms with Gasteiger partial charge in [0.25, 0.3) is 11.5 Å². The Morgan fingerprint density at radius 1 is 0.617 bits per heavy atom. The number of aliphatic hydroxyl groups excluding tert-OH is 5. The molecule has 34 nitrogen and oxygen atoms in total. The normalized spacial score (nSPS) is 13.4. The summed E-state index contributed by atoms with van der Waals surface area (Å²) in [6.07, 6.45) is 1.01. The quantitative estimate of drug-likeness (QED) is 0.00671. The molecule has 0 saturated heterocycles. The Kier molecular flexibility index (Phi) is 58.8. The Hall–Kier alpha value is -6.32. The van der Waals surface area contributed by atoms with E-state index in [1.807, 2.05) is 68.5 Å². The summed E-state index contributed by atoms with van der Waals surface area (Å²) in [7, 11) is 10.3. The van der Waals surface area contributed by atoms with Crippen molar-refractivity contribution in [1.82, 2.24) is 25.7 Å². The number of aliphatic hydroxyl groups is 5. The Morgan fingerprint density at radius 2 is 1.09 bits per heavy atom. The molecule has 0 fully saturated rings. The second kappa shape index (κ2) is 62.4. The summed E-state index contributed by atoms with van der Waals surface area (Å²) in [6.45, 7) is 9.45. The molecule has 0 aliphatic rings. The fourth-order valence-electron chi connectivity index (χ4n) is 8.07. The number of methoxy groups -OCH3 is 4. The van der Waals surface area contributed by atoms with Crippen LogP contribution in [0.3, 0.4) is 0 Å². The lowest BCUT2D eigenvalue weighted by Gasteiger charge is -2.21. The van der Waals surface area contributed by atoms with E-state index < -0.39 is 84.8 Å². The Balaban J connectivity index is 0.00000160. The fraction of sp³-hybridized carbons (Fsp3) is 0.652. The van der Waals surface area contributed by atoms with Crippen molar-refractivity contribution in [2.24, 2.45) is 7.05 Å². The first-order chi connectivity index (χ1) is 51.2. The number of rotatable bonds is 53. The maximum Gasteiger partial charge on any atom is 0.328 e. The van der Waals surface area contributed by atoms with Gasteiger partial charge in [-0.15, -0.1) is 0 Å². The van der Waals surface area contributed by atoms with Crippen LogP contribution >= 0.6 is 44.2 Å². The van der Waals surface area contributed by atoms with Gasteiger partial charge in [-0.3, -0.25) is 47.8 Å². The van der Waals surface area contributed by atoms with E-state index in [-0.39, 0.29) is 170 Å². The van der Waals surface area contributed by atoms with Gasteiger partial charge in [0.1, 0.15) is 55.7 Å². The zero-order valence-electron chi connectivity index (χ0n) is 62.6. The lowest BCUT2D eigenvalue weighted by atomic mass is 10.1. The van der Waals surface area contributed by atoms with Gasteiger partial charge < -0.3 is 103 Å². The number of esters is 4. The van der Waals surface area contributed by atoms with Crippen LogP contribution in [0.5, 0.6) is 0 Å². The van der Waals surface area contributed by atoms with Crippen molar-refractivity contribution >= 4 is 103 Å². The van der Waals surface area contributed by atoms with E-state index in [0.717, 1.165) is 10.8 Å². The lowest BCUT2D eigenvalue weighted by molar-refractivity contribution is -0.194. The number of aryl methyl sites for hydroxylation is 1. The van der Waals surface area contributed by atoms with Crippen LogP contribution in [-0.4, -0.2) is 250 Å². The van der Waals surface area contributed by atoms with Crippen molar-refractivity contribution in [2.75, 3.05) is 112 Å².